The molecule has 21 heavy (non-hydrogen) atoms. The highest BCUT2D eigenvalue weighted by Gasteiger charge is 2.34. The number of nitrogens with zero attached hydrogens (tertiary/aromatic N) is 1. The van der Waals surface area contributed by atoms with Gasteiger partial charge >= 0.3 is 6.18 Å². The molecule has 0 fully saturated rings. The molecule has 0 saturated carbocycles. The largest absolute Gasteiger partial charge is 0.417 e. The lowest BCUT2D eigenvalue weighted by Gasteiger charge is -2.14. The summed E-state index contributed by atoms with van der Waals surface area (Å²) in [5.74, 6) is 0.111. The Morgan fingerprint density at radius 3 is 2.52 bits per heavy atom. The number of hydrogen-bond donors (Lipinski definition) is 1. The van der Waals surface area contributed by atoms with Crippen molar-refractivity contribution in [3.63, 3.8) is 0 Å². The summed E-state index contributed by atoms with van der Waals surface area (Å²) in [5.41, 5.74) is -0.0838. The van der Waals surface area contributed by atoms with Crippen LogP contribution in [0.15, 0.2) is 27.1 Å². The van der Waals surface area contributed by atoms with Gasteiger partial charge in [-0.1, -0.05) is 35.1 Å². The third kappa shape index (κ3) is 3.54. The van der Waals surface area contributed by atoms with E-state index in [1.807, 2.05) is 6.92 Å². The number of alkyl halides is 3. The van der Waals surface area contributed by atoms with Crippen LogP contribution in [0.1, 0.15) is 18.2 Å². The number of aryl methyl sites for hydroxylation is 1. The van der Waals surface area contributed by atoms with Crippen molar-refractivity contribution in [2.24, 2.45) is 0 Å². The number of aromatic amines is 1. The maximum atomic E-state index is 13.2. The van der Waals surface area contributed by atoms with E-state index in [4.69, 9.17) is 12.2 Å². The number of aromatic nitrogens is 2. The van der Waals surface area contributed by atoms with Crippen molar-refractivity contribution < 1.29 is 13.2 Å². The molecule has 1 aromatic heterocycles. The van der Waals surface area contributed by atoms with Crippen molar-refractivity contribution in [1.29, 1.82) is 0 Å². The van der Waals surface area contributed by atoms with Gasteiger partial charge in [-0.2, -0.15) is 13.2 Å². The van der Waals surface area contributed by atoms with E-state index in [9.17, 15) is 13.2 Å². The maximum absolute atomic E-state index is 13.2. The minimum atomic E-state index is -4.48. The lowest BCUT2D eigenvalue weighted by atomic mass is 10.1. The van der Waals surface area contributed by atoms with Gasteiger partial charge in [-0.3, -0.25) is 0 Å². The van der Waals surface area contributed by atoms with E-state index in [2.05, 4.69) is 41.8 Å². The Morgan fingerprint density at radius 1 is 1.29 bits per heavy atom. The molecule has 2 nitrogen and oxygen atoms in total. The summed E-state index contributed by atoms with van der Waals surface area (Å²) in [6.45, 7) is 1.88. The van der Waals surface area contributed by atoms with Crippen molar-refractivity contribution in [3.8, 4) is 11.4 Å². The van der Waals surface area contributed by atoms with Crippen molar-refractivity contribution in [2.75, 3.05) is 0 Å². The van der Waals surface area contributed by atoms with Gasteiger partial charge in [0.15, 0.2) is 0 Å². The van der Waals surface area contributed by atoms with Gasteiger partial charge in [0.2, 0.25) is 0 Å². The Bertz CT molecular complexity index is 741. The van der Waals surface area contributed by atoms with E-state index < -0.39 is 11.7 Å². The monoisotopic (exact) mass is 440 g/mol. The molecule has 1 N–H and O–H groups in total. The van der Waals surface area contributed by atoms with E-state index in [-0.39, 0.29) is 16.0 Å². The smallest absolute Gasteiger partial charge is 0.342 e. The van der Waals surface area contributed by atoms with Gasteiger partial charge in [0.1, 0.15) is 10.5 Å². The molecule has 0 bridgehead atoms. The Hall–Kier alpha value is -0.730. The zero-order chi connectivity index (χ0) is 15.8. The molecule has 0 aliphatic rings. The number of nitrogens with one attached hydrogen (secondary N) is 1. The van der Waals surface area contributed by atoms with Gasteiger partial charge in [-0.15, -0.1) is 0 Å². The first kappa shape index (κ1) is 16.6. The zero-order valence-corrected chi connectivity index (χ0v) is 14.7. The zero-order valence-electron chi connectivity index (χ0n) is 10.7. The maximum Gasteiger partial charge on any atom is 0.417 e. The summed E-state index contributed by atoms with van der Waals surface area (Å²) in [6, 6.07) is 3.94. The van der Waals surface area contributed by atoms with Crippen LogP contribution in [-0.4, -0.2) is 9.97 Å². The molecule has 8 heteroatoms. The van der Waals surface area contributed by atoms with Crippen LogP contribution in [-0.2, 0) is 12.6 Å². The summed E-state index contributed by atoms with van der Waals surface area (Å²) < 4.78 is 40.7. The predicted octanol–water partition coefficient (Wildman–Crippen LogP) is 5.91. The van der Waals surface area contributed by atoms with Crippen molar-refractivity contribution in [2.45, 2.75) is 19.5 Å². The van der Waals surface area contributed by atoms with Crippen LogP contribution in [0.4, 0.5) is 13.2 Å². The molecule has 1 aromatic carbocycles. The highest BCUT2D eigenvalue weighted by Crippen LogP contribution is 2.38. The minimum absolute atomic E-state index is 0.0287. The predicted molar refractivity (Wildman–Crippen MR) is 84.6 cm³/mol. The molecular weight excluding hydrogens is 433 g/mol. The van der Waals surface area contributed by atoms with Gasteiger partial charge < -0.3 is 4.98 Å². The fourth-order valence-electron chi connectivity index (χ4n) is 1.83. The lowest BCUT2D eigenvalue weighted by Crippen LogP contribution is -2.09. The van der Waals surface area contributed by atoms with E-state index in [1.165, 1.54) is 12.1 Å². The number of halogens is 5. The van der Waals surface area contributed by atoms with Crippen LogP contribution >= 0.6 is 44.1 Å². The number of benzene rings is 1. The highest BCUT2D eigenvalue weighted by atomic mass is 79.9. The molecule has 0 radical (unpaired) electrons. The third-order valence-electron chi connectivity index (χ3n) is 2.83. The van der Waals surface area contributed by atoms with Gasteiger partial charge in [-0.05, 0) is 40.5 Å². The highest BCUT2D eigenvalue weighted by molar-refractivity contribution is 9.10. The Morgan fingerprint density at radius 2 is 1.95 bits per heavy atom. The van der Waals surface area contributed by atoms with Crippen LogP contribution < -0.4 is 0 Å². The molecule has 0 saturated heterocycles. The summed E-state index contributed by atoms with van der Waals surface area (Å²) in [5, 5.41) is 0. The van der Waals surface area contributed by atoms with Crippen LogP contribution in [0.25, 0.3) is 11.4 Å². The van der Waals surface area contributed by atoms with E-state index in [0.29, 0.717) is 21.1 Å². The topological polar surface area (TPSA) is 28.7 Å². The Labute approximate surface area is 141 Å². The third-order valence-corrected chi connectivity index (χ3v) is 4.74. The summed E-state index contributed by atoms with van der Waals surface area (Å²) in [7, 11) is 0. The average molecular weight is 442 g/mol. The molecule has 0 aliphatic carbocycles. The van der Waals surface area contributed by atoms with Crippen LogP contribution in [0.2, 0.25) is 0 Å². The second-order valence-corrected chi connectivity index (χ2v) is 6.32. The quantitative estimate of drug-likeness (QED) is 0.586. The normalized spacial score (nSPS) is 11.7. The molecule has 112 valence electrons. The summed E-state index contributed by atoms with van der Waals surface area (Å²) in [6.07, 6.45) is -3.88. The summed E-state index contributed by atoms with van der Waals surface area (Å²) in [4.78, 5) is 6.96. The van der Waals surface area contributed by atoms with Crippen LogP contribution in [0.3, 0.4) is 0 Å². The Kier molecular flexibility index (Phi) is 4.89. The van der Waals surface area contributed by atoms with Gasteiger partial charge in [-0.25, -0.2) is 4.98 Å². The fraction of sp³-hybridized carbons (Fsp3) is 0.231. The van der Waals surface area contributed by atoms with Crippen molar-refractivity contribution in [3.05, 3.63) is 43.0 Å². The first-order valence-electron chi connectivity index (χ1n) is 5.89. The number of hydrogen-bond acceptors (Lipinski definition) is 2. The SMILES string of the molecule is CCc1[nH]c(-c2ccc(Br)cc2C(F)(F)F)nc(=S)c1Br. The standard InChI is InChI=1S/C13H9Br2F3N2S/c1-2-9-10(15)12(21)20-11(19-9)7-4-3-6(14)5-8(7)13(16,17)18/h3-5H,2H2,1H3,(H,19,20,21). The van der Waals surface area contributed by atoms with E-state index >= 15 is 0 Å². The molecule has 0 aliphatic heterocycles. The minimum Gasteiger partial charge on any atom is -0.342 e. The van der Waals surface area contributed by atoms with Crippen LogP contribution in [0.5, 0.6) is 0 Å². The van der Waals surface area contributed by atoms with E-state index in [0.717, 1.165) is 6.07 Å². The lowest BCUT2D eigenvalue weighted by molar-refractivity contribution is -0.137. The van der Waals surface area contributed by atoms with Gasteiger partial charge in [0.25, 0.3) is 0 Å². The number of H-pyrrole nitrogens is 1. The van der Waals surface area contributed by atoms with Crippen molar-refractivity contribution in [1.82, 2.24) is 9.97 Å². The fourth-order valence-corrected chi connectivity index (χ4v) is 2.88. The molecule has 0 spiro atoms. The molecular formula is C13H9Br2F3N2S. The second kappa shape index (κ2) is 6.18. The second-order valence-electron chi connectivity index (χ2n) is 4.22. The summed E-state index contributed by atoms with van der Waals surface area (Å²) >= 11 is 11.4. The average Bonchev–Trinajstić information content (AvgIpc) is 2.40. The molecule has 1 heterocycles. The van der Waals surface area contributed by atoms with Crippen molar-refractivity contribution >= 4 is 44.1 Å². The molecule has 0 atom stereocenters. The Balaban J connectivity index is 2.73. The molecule has 2 aromatic rings. The van der Waals surface area contributed by atoms with E-state index in [1.54, 1.807) is 0 Å². The van der Waals surface area contributed by atoms with Gasteiger partial charge in [0.05, 0.1) is 10.0 Å². The first-order valence-corrected chi connectivity index (χ1v) is 7.89. The molecule has 2 rings (SSSR count). The van der Waals surface area contributed by atoms with Crippen LogP contribution in [0, 0.1) is 4.64 Å². The first-order chi connectivity index (χ1) is 9.74. The molecule has 0 amide bonds. The molecule has 0 unspecified atom stereocenters. The van der Waals surface area contributed by atoms with Gasteiger partial charge in [0, 0.05) is 15.7 Å². The number of rotatable bonds is 2.